The van der Waals surface area contributed by atoms with Gasteiger partial charge < -0.3 is 15.4 Å². The van der Waals surface area contributed by atoms with Gasteiger partial charge in [-0.2, -0.15) is 0 Å². The second-order valence-electron chi connectivity index (χ2n) is 5.59. The molecule has 0 radical (unpaired) electrons. The van der Waals surface area contributed by atoms with E-state index in [0.29, 0.717) is 16.7 Å². The number of hydrogen-bond donors (Lipinski definition) is 2. The van der Waals surface area contributed by atoms with Crippen LogP contribution in [0, 0.1) is 0 Å². The summed E-state index contributed by atoms with van der Waals surface area (Å²) >= 11 is 6.98. The van der Waals surface area contributed by atoms with Gasteiger partial charge in [0.1, 0.15) is 5.00 Å². The first-order valence-corrected chi connectivity index (χ1v) is 9.15. The van der Waals surface area contributed by atoms with E-state index in [4.69, 9.17) is 17.0 Å². The molecule has 1 aromatic rings. The molecule has 0 spiro atoms. The highest BCUT2D eigenvalue weighted by Crippen LogP contribution is 2.29. The minimum atomic E-state index is -0.323. The molecule has 0 bridgehead atoms. The molecule has 1 fully saturated rings. The van der Waals surface area contributed by atoms with E-state index in [1.807, 2.05) is 6.07 Å². The van der Waals surface area contributed by atoms with Gasteiger partial charge in [0.15, 0.2) is 5.11 Å². The second-order valence-corrected chi connectivity index (χ2v) is 7.13. The summed E-state index contributed by atoms with van der Waals surface area (Å²) in [7, 11) is 1.40. The average molecular weight is 341 g/mol. The monoisotopic (exact) mass is 340 g/mol. The number of aryl methyl sites for hydroxylation is 1. The van der Waals surface area contributed by atoms with Crippen molar-refractivity contribution >= 4 is 39.6 Å². The van der Waals surface area contributed by atoms with Gasteiger partial charge in [-0.3, -0.25) is 0 Å². The zero-order chi connectivity index (χ0) is 15.9. The number of rotatable bonds is 4. The predicted molar refractivity (Wildman–Crippen MR) is 95.9 cm³/mol. The van der Waals surface area contributed by atoms with Crippen LogP contribution in [0.2, 0.25) is 0 Å². The fraction of sp³-hybridized carbons (Fsp3) is 0.625. The van der Waals surface area contributed by atoms with E-state index < -0.39 is 0 Å². The lowest BCUT2D eigenvalue weighted by Crippen LogP contribution is -2.37. The first-order chi connectivity index (χ1) is 10.6. The summed E-state index contributed by atoms with van der Waals surface area (Å²) in [5, 5.41) is 7.95. The number of ether oxygens (including phenoxy) is 1. The quantitative estimate of drug-likeness (QED) is 0.491. The van der Waals surface area contributed by atoms with Crippen LogP contribution in [0.25, 0.3) is 0 Å². The molecule has 1 aliphatic rings. The van der Waals surface area contributed by atoms with Crippen LogP contribution >= 0.6 is 23.6 Å². The van der Waals surface area contributed by atoms with E-state index in [0.717, 1.165) is 29.1 Å². The van der Waals surface area contributed by atoms with Gasteiger partial charge >= 0.3 is 5.97 Å². The zero-order valence-corrected chi connectivity index (χ0v) is 14.9. The summed E-state index contributed by atoms with van der Waals surface area (Å²) < 4.78 is 4.85. The number of nitrogens with one attached hydrogen (secondary N) is 2. The van der Waals surface area contributed by atoms with Crippen LogP contribution in [0.5, 0.6) is 0 Å². The molecule has 0 unspecified atom stereocenters. The molecule has 122 valence electrons. The van der Waals surface area contributed by atoms with Crippen molar-refractivity contribution in [3.8, 4) is 0 Å². The maximum atomic E-state index is 11.9. The number of methoxy groups -OCH3 is 1. The summed E-state index contributed by atoms with van der Waals surface area (Å²) in [6, 6.07) is 2.32. The van der Waals surface area contributed by atoms with Gasteiger partial charge in [0.05, 0.1) is 12.7 Å². The third-order valence-electron chi connectivity index (χ3n) is 3.95. The number of esters is 1. The van der Waals surface area contributed by atoms with Crippen LogP contribution in [-0.2, 0) is 11.2 Å². The molecule has 0 aromatic carbocycles. The third-order valence-corrected chi connectivity index (χ3v) is 5.37. The van der Waals surface area contributed by atoms with Gasteiger partial charge in [0, 0.05) is 10.9 Å². The van der Waals surface area contributed by atoms with Crippen molar-refractivity contribution < 1.29 is 9.53 Å². The maximum absolute atomic E-state index is 11.9. The van der Waals surface area contributed by atoms with Crippen LogP contribution in [-0.4, -0.2) is 24.2 Å². The first-order valence-electron chi connectivity index (χ1n) is 7.92. The number of carbonyl (C=O) groups is 1. The molecule has 1 aliphatic carbocycles. The summed E-state index contributed by atoms with van der Waals surface area (Å²) in [5.74, 6) is -0.323. The predicted octanol–water partition coefficient (Wildman–Crippen LogP) is 4.11. The topological polar surface area (TPSA) is 50.4 Å². The number of carbonyl (C=O) groups excluding carboxylic acids is 1. The molecule has 2 rings (SSSR count). The molecule has 1 saturated carbocycles. The van der Waals surface area contributed by atoms with E-state index >= 15 is 0 Å². The maximum Gasteiger partial charge on any atom is 0.340 e. The minimum absolute atomic E-state index is 0.323. The summed E-state index contributed by atoms with van der Waals surface area (Å²) in [6.07, 6.45) is 8.36. The van der Waals surface area contributed by atoms with Crippen molar-refractivity contribution in [1.82, 2.24) is 5.32 Å². The molecule has 0 saturated heterocycles. The van der Waals surface area contributed by atoms with Gasteiger partial charge in [-0.1, -0.05) is 32.6 Å². The van der Waals surface area contributed by atoms with Crippen molar-refractivity contribution in [2.45, 2.75) is 57.9 Å². The zero-order valence-electron chi connectivity index (χ0n) is 13.2. The van der Waals surface area contributed by atoms with Crippen LogP contribution in [0.15, 0.2) is 6.07 Å². The second kappa shape index (κ2) is 8.48. The molecule has 0 atom stereocenters. The molecule has 1 aromatic heterocycles. The molecule has 4 nitrogen and oxygen atoms in total. The highest BCUT2D eigenvalue weighted by atomic mass is 32.1. The Morgan fingerprint density at radius 2 is 2.05 bits per heavy atom. The molecule has 1 heterocycles. The van der Waals surface area contributed by atoms with Gasteiger partial charge in [-0.05, 0) is 37.5 Å². The number of thiocarbonyl (C=S) groups is 1. The van der Waals surface area contributed by atoms with Gasteiger partial charge in [-0.15, -0.1) is 11.3 Å². The first kappa shape index (κ1) is 17.2. The molecular formula is C16H24N2O2S2. The van der Waals surface area contributed by atoms with Crippen LogP contribution in [0.4, 0.5) is 5.00 Å². The standard InChI is InChI=1S/C16H24N2O2S2/c1-3-12-10-13(15(19)20-2)14(22-12)18-16(21)17-11-8-6-4-5-7-9-11/h10-11H,3-9H2,1-2H3,(H2,17,18,21). The highest BCUT2D eigenvalue weighted by molar-refractivity contribution is 7.80. The molecular weight excluding hydrogens is 316 g/mol. The van der Waals surface area contributed by atoms with Gasteiger partial charge in [-0.25, -0.2) is 4.79 Å². The summed E-state index contributed by atoms with van der Waals surface area (Å²) in [5.41, 5.74) is 0.564. The highest BCUT2D eigenvalue weighted by Gasteiger charge is 2.18. The lowest BCUT2D eigenvalue weighted by atomic mass is 10.1. The lowest BCUT2D eigenvalue weighted by molar-refractivity contribution is 0.0602. The Labute approximate surface area is 141 Å². The Balaban J connectivity index is 2.00. The van der Waals surface area contributed by atoms with Gasteiger partial charge in [0.2, 0.25) is 0 Å². The van der Waals surface area contributed by atoms with Gasteiger partial charge in [0.25, 0.3) is 0 Å². The van der Waals surface area contributed by atoms with Crippen LogP contribution in [0.1, 0.15) is 60.7 Å². The van der Waals surface area contributed by atoms with Crippen molar-refractivity contribution in [2.24, 2.45) is 0 Å². The van der Waals surface area contributed by atoms with E-state index in [-0.39, 0.29) is 5.97 Å². The Kier molecular flexibility index (Phi) is 6.64. The molecule has 0 aliphatic heterocycles. The number of anilines is 1. The number of thiophene rings is 1. The number of hydrogen-bond acceptors (Lipinski definition) is 4. The normalized spacial score (nSPS) is 15.9. The van der Waals surface area contributed by atoms with E-state index in [1.165, 1.54) is 32.8 Å². The van der Waals surface area contributed by atoms with E-state index in [2.05, 4.69) is 17.6 Å². The van der Waals surface area contributed by atoms with Crippen molar-refractivity contribution in [3.05, 3.63) is 16.5 Å². The minimum Gasteiger partial charge on any atom is -0.465 e. The van der Waals surface area contributed by atoms with Crippen molar-refractivity contribution in [1.29, 1.82) is 0 Å². The molecule has 0 amide bonds. The van der Waals surface area contributed by atoms with Crippen LogP contribution < -0.4 is 10.6 Å². The smallest absolute Gasteiger partial charge is 0.340 e. The fourth-order valence-corrected chi connectivity index (χ4v) is 4.04. The Hall–Kier alpha value is -1.14. The van der Waals surface area contributed by atoms with E-state index in [9.17, 15) is 4.79 Å². The fourth-order valence-electron chi connectivity index (χ4n) is 2.72. The summed E-state index contributed by atoms with van der Waals surface area (Å²) in [4.78, 5) is 13.0. The van der Waals surface area contributed by atoms with Crippen molar-refractivity contribution in [3.63, 3.8) is 0 Å². The Bertz CT molecular complexity index is 520. The molecule has 6 heteroatoms. The summed E-state index contributed by atoms with van der Waals surface area (Å²) in [6.45, 7) is 2.07. The third kappa shape index (κ3) is 4.68. The van der Waals surface area contributed by atoms with Crippen molar-refractivity contribution in [2.75, 3.05) is 12.4 Å². The largest absolute Gasteiger partial charge is 0.465 e. The average Bonchev–Trinajstić information content (AvgIpc) is 2.74. The SMILES string of the molecule is CCc1cc(C(=O)OC)c(NC(=S)NC2CCCCCC2)s1. The van der Waals surface area contributed by atoms with E-state index in [1.54, 1.807) is 11.3 Å². The lowest BCUT2D eigenvalue weighted by Gasteiger charge is -2.18. The molecule has 2 N–H and O–H groups in total. The molecule has 22 heavy (non-hydrogen) atoms. The Morgan fingerprint density at radius 1 is 1.36 bits per heavy atom. The Morgan fingerprint density at radius 3 is 2.64 bits per heavy atom. The van der Waals surface area contributed by atoms with Crippen LogP contribution in [0.3, 0.4) is 0 Å².